The maximum atomic E-state index is 13.9. The fraction of sp³-hybridized carbons (Fsp3) is 0.556. The standard InChI is InChI=1S/C27H37N5O4S2/c1-17(28-2)23(33)29-22(19-13-8-5-9-14-19)26(35)32-16-10-15-20(32)24(34)31-25-21(18-11-6-4-7-12-18)30-27(37-25)38(3)36/h4,6-7,11-12,17,19-20,22,28,36H,5,8-10,13-16H2,1-3H3,(H-,29,31,33,34)/p+1/t17-,20-,22-,38?/m0/s1. The minimum atomic E-state index is -1.05. The summed E-state index contributed by atoms with van der Waals surface area (Å²) in [6, 6.07) is 7.84. The van der Waals surface area contributed by atoms with E-state index in [0.29, 0.717) is 28.0 Å². The van der Waals surface area contributed by atoms with E-state index in [0.717, 1.165) is 44.1 Å². The second-order valence-corrected chi connectivity index (χ2v) is 12.7. The van der Waals surface area contributed by atoms with E-state index in [4.69, 9.17) is 0 Å². The van der Waals surface area contributed by atoms with Crippen LogP contribution >= 0.6 is 11.3 Å². The molecule has 4 atom stereocenters. The summed E-state index contributed by atoms with van der Waals surface area (Å²) in [7, 11) is 1.72. The van der Waals surface area contributed by atoms with E-state index in [1.54, 1.807) is 25.1 Å². The van der Waals surface area contributed by atoms with Crippen molar-refractivity contribution in [2.75, 3.05) is 25.2 Å². The molecule has 206 valence electrons. The van der Waals surface area contributed by atoms with Gasteiger partial charge in [-0.25, -0.2) is 0 Å². The predicted octanol–water partition coefficient (Wildman–Crippen LogP) is 3.49. The van der Waals surface area contributed by atoms with E-state index in [-0.39, 0.29) is 23.6 Å². The number of anilines is 1. The molecule has 2 aliphatic rings. The van der Waals surface area contributed by atoms with Crippen molar-refractivity contribution in [1.29, 1.82) is 0 Å². The number of likely N-dealkylation sites (N-methyl/N-ethyl adjacent to an activating group) is 1. The number of carbonyl (C=O) groups excluding carboxylic acids is 3. The summed E-state index contributed by atoms with van der Waals surface area (Å²) in [5, 5.41) is 9.53. The third kappa shape index (κ3) is 6.56. The highest BCUT2D eigenvalue weighted by Gasteiger charge is 2.41. The summed E-state index contributed by atoms with van der Waals surface area (Å²) in [5.41, 5.74) is 1.45. The molecule has 38 heavy (non-hydrogen) atoms. The molecule has 0 spiro atoms. The molecule has 0 bridgehead atoms. The molecule has 1 aliphatic carbocycles. The number of aromatic nitrogens is 1. The molecule has 2 aromatic rings. The van der Waals surface area contributed by atoms with Crippen LogP contribution in [0.25, 0.3) is 11.3 Å². The van der Waals surface area contributed by atoms with Gasteiger partial charge >= 0.3 is 4.34 Å². The molecular formula is C27H38N5O4S2+. The monoisotopic (exact) mass is 560 g/mol. The number of hydrogen-bond donors (Lipinski definition) is 4. The molecule has 2 fully saturated rings. The number of likely N-dealkylation sites (tertiary alicyclic amines) is 1. The van der Waals surface area contributed by atoms with Crippen LogP contribution in [0, 0.1) is 5.92 Å². The number of hydrogen-bond acceptors (Lipinski definition) is 7. The summed E-state index contributed by atoms with van der Waals surface area (Å²) in [5.74, 6) is -0.589. The maximum Gasteiger partial charge on any atom is 0.340 e. The molecule has 2 heterocycles. The number of nitrogens with one attached hydrogen (secondary N) is 3. The minimum Gasteiger partial charge on any atom is -0.343 e. The van der Waals surface area contributed by atoms with Gasteiger partial charge in [0.2, 0.25) is 28.9 Å². The van der Waals surface area contributed by atoms with E-state index in [1.807, 2.05) is 30.3 Å². The first-order valence-electron chi connectivity index (χ1n) is 13.3. The Balaban J connectivity index is 1.55. The number of benzene rings is 1. The van der Waals surface area contributed by atoms with Crippen molar-refractivity contribution in [3.63, 3.8) is 0 Å². The normalized spacial score (nSPS) is 20.5. The third-order valence-electron chi connectivity index (χ3n) is 7.49. The quantitative estimate of drug-likeness (QED) is 0.348. The lowest BCUT2D eigenvalue weighted by Crippen LogP contribution is -2.57. The minimum absolute atomic E-state index is 0.0642. The van der Waals surface area contributed by atoms with Crippen molar-refractivity contribution < 1.29 is 18.9 Å². The van der Waals surface area contributed by atoms with Crippen LogP contribution in [0.4, 0.5) is 5.00 Å². The lowest BCUT2D eigenvalue weighted by atomic mass is 9.83. The Morgan fingerprint density at radius 1 is 1.11 bits per heavy atom. The highest BCUT2D eigenvalue weighted by Crippen LogP contribution is 2.36. The Hall–Kier alpha value is -2.47. The van der Waals surface area contributed by atoms with Gasteiger partial charge in [-0.05, 0) is 56.9 Å². The first-order chi connectivity index (χ1) is 18.3. The molecular weight excluding hydrogens is 522 g/mol. The second-order valence-electron chi connectivity index (χ2n) is 10.1. The number of nitrogens with zero attached hydrogens (tertiary/aromatic N) is 2. The Bertz CT molecular complexity index is 1120. The van der Waals surface area contributed by atoms with Crippen molar-refractivity contribution in [3.8, 4) is 11.3 Å². The van der Waals surface area contributed by atoms with Crippen molar-refractivity contribution in [3.05, 3.63) is 30.3 Å². The molecule has 1 aromatic heterocycles. The van der Waals surface area contributed by atoms with E-state index in [9.17, 15) is 18.9 Å². The van der Waals surface area contributed by atoms with E-state index in [1.165, 1.54) is 11.3 Å². The molecule has 1 saturated heterocycles. The Kier molecular flexibility index (Phi) is 9.80. The molecule has 1 saturated carbocycles. The summed E-state index contributed by atoms with van der Waals surface area (Å²) >= 11 is 0.207. The van der Waals surface area contributed by atoms with E-state index >= 15 is 0 Å². The van der Waals surface area contributed by atoms with Gasteiger partial charge in [0.05, 0.1) is 6.04 Å². The van der Waals surface area contributed by atoms with Gasteiger partial charge in [-0.3, -0.25) is 14.4 Å². The molecule has 4 N–H and O–H groups in total. The highest BCUT2D eigenvalue weighted by molar-refractivity contribution is 7.92. The van der Waals surface area contributed by atoms with Gasteiger partial charge in [0.1, 0.15) is 29.0 Å². The van der Waals surface area contributed by atoms with Crippen LogP contribution in [0.3, 0.4) is 0 Å². The van der Waals surface area contributed by atoms with Gasteiger partial charge in [0, 0.05) is 12.1 Å². The van der Waals surface area contributed by atoms with Crippen LogP contribution < -0.4 is 16.0 Å². The number of carbonyl (C=O) groups is 3. The molecule has 1 unspecified atom stereocenters. The first-order valence-corrected chi connectivity index (χ1v) is 15.7. The highest BCUT2D eigenvalue weighted by atomic mass is 32.2. The molecule has 1 aliphatic heterocycles. The van der Waals surface area contributed by atoms with Gasteiger partial charge in [-0.1, -0.05) is 49.6 Å². The topological polar surface area (TPSA) is 124 Å². The first kappa shape index (κ1) is 28.5. The SMILES string of the molecule is CN[C@@H](C)C(=O)N[C@H](C(=O)N1CCC[C@H]1C(=O)Nc1sc([S+](C)O)nc1-c1ccccc1)C1CCCCC1. The fourth-order valence-corrected chi connectivity index (χ4v) is 6.92. The van der Waals surface area contributed by atoms with Crippen LogP contribution in [-0.2, 0) is 25.6 Å². The molecule has 0 radical (unpaired) electrons. The van der Waals surface area contributed by atoms with Crippen molar-refractivity contribution in [2.45, 2.75) is 74.3 Å². The number of thiazole rings is 1. The number of rotatable bonds is 9. The van der Waals surface area contributed by atoms with Gasteiger partial charge in [-0.15, -0.1) is 0 Å². The lowest BCUT2D eigenvalue weighted by Gasteiger charge is -2.35. The van der Waals surface area contributed by atoms with Crippen molar-refractivity contribution >= 4 is 45.2 Å². The zero-order valence-electron chi connectivity index (χ0n) is 22.2. The molecule has 4 rings (SSSR count). The van der Waals surface area contributed by atoms with Gasteiger partial charge in [0.15, 0.2) is 0 Å². The Morgan fingerprint density at radius 2 is 1.82 bits per heavy atom. The number of amides is 3. The summed E-state index contributed by atoms with van der Waals surface area (Å²) < 4.78 is 10.7. The Morgan fingerprint density at radius 3 is 2.47 bits per heavy atom. The van der Waals surface area contributed by atoms with Crippen LogP contribution in [0.1, 0.15) is 51.9 Å². The molecule has 3 amide bonds. The van der Waals surface area contributed by atoms with Crippen molar-refractivity contribution in [2.24, 2.45) is 5.92 Å². The lowest BCUT2D eigenvalue weighted by molar-refractivity contribution is -0.142. The van der Waals surface area contributed by atoms with Gasteiger partial charge in [0.25, 0.3) is 0 Å². The largest absolute Gasteiger partial charge is 0.343 e. The third-order valence-corrected chi connectivity index (χ3v) is 9.83. The smallest absolute Gasteiger partial charge is 0.340 e. The van der Waals surface area contributed by atoms with Gasteiger partial charge < -0.3 is 20.9 Å². The predicted molar refractivity (Wildman–Crippen MR) is 152 cm³/mol. The van der Waals surface area contributed by atoms with Gasteiger partial charge in [-0.2, -0.15) is 9.54 Å². The van der Waals surface area contributed by atoms with Crippen LogP contribution in [0.15, 0.2) is 34.7 Å². The average molecular weight is 561 g/mol. The van der Waals surface area contributed by atoms with E-state index < -0.39 is 29.3 Å². The second kappa shape index (κ2) is 13.1. The van der Waals surface area contributed by atoms with E-state index in [2.05, 4.69) is 20.9 Å². The average Bonchev–Trinajstić information content (AvgIpc) is 3.60. The maximum absolute atomic E-state index is 13.9. The summed E-state index contributed by atoms with van der Waals surface area (Å²) in [4.78, 5) is 46.5. The van der Waals surface area contributed by atoms with Crippen LogP contribution in [0.2, 0.25) is 0 Å². The molecule has 1 aromatic carbocycles. The fourth-order valence-electron chi connectivity index (χ4n) is 5.24. The summed E-state index contributed by atoms with van der Waals surface area (Å²) in [6.07, 6.45) is 7.94. The Labute approximate surface area is 231 Å². The van der Waals surface area contributed by atoms with Crippen LogP contribution in [-0.4, -0.2) is 70.1 Å². The van der Waals surface area contributed by atoms with Crippen LogP contribution in [0.5, 0.6) is 0 Å². The zero-order chi connectivity index (χ0) is 27.2. The zero-order valence-corrected chi connectivity index (χ0v) is 23.9. The molecule has 11 heteroatoms. The molecule has 9 nitrogen and oxygen atoms in total. The van der Waals surface area contributed by atoms with Crippen molar-refractivity contribution in [1.82, 2.24) is 20.5 Å². The summed E-state index contributed by atoms with van der Waals surface area (Å²) in [6.45, 7) is 2.25.